The first kappa shape index (κ1) is 17.2. The Kier molecular flexibility index (Phi) is 4.38. The number of methoxy groups -OCH3 is 1. The molecule has 0 spiro atoms. The molecule has 2 aromatic carbocycles. The molecule has 27 heavy (non-hydrogen) atoms. The summed E-state index contributed by atoms with van der Waals surface area (Å²) in [4.78, 5) is 17.2. The van der Waals surface area contributed by atoms with Gasteiger partial charge in [-0.05, 0) is 30.7 Å². The molecule has 0 bridgehead atoms. The number of rotatable bonds is 3. The van der Waals surface area contributed by atoms with E-state index in [1.165, 1.54) is 7.11 Å². The summed E-state index contributed by atoms with van der Waals surface area (Å²) in [5.74, 6) is -0.472. The van der Waals surface area contributed by atoms with Crippen LogP contribution < -0.4 is 0 Å². The highest BCUT2D eigenvalue weighted by molar-refractivity contribution is 6.30. The second-order valence-electron chi connectivity index (χ2n) is 6.09. The molecule has 4 aromatic rings. The zero-order valence-electron chi connectivity index (χ0n) is 14.8. The summed E-state index contributed by atoms with van der Waals surface area (Å²) in [7, 11) is 1.35. The van der Waals surface area contributed by atoms with Crippen LogP contribution in [0, 0.1) is 6.92 Å². The molecule has 0 saturated heterocycles. The van der Waals surface area contributed by atoms with Crippen molar-refractivity contribution in [3.05, 3.63) is 77.1 Å². The van der Waals surface area contributed by atoms with Gasteiger partial charge in [0.05, 0.1) is 18.5 Å². The fraction of sp³-hybridized carbons (Fsp3) is 0.0952. The van der Waals surface area contributed by atoms with Gasteiger partial charge in [-0.15, -0.1) is 0 Å². The number of aryl methyl sites for hydroxylation is 1. The largest absolute Gasteiger partial charge is 0.464 e. The molecule has 5 nitrogen and oxygen atoms in total. The van der Waals surface area contributed by atoms with E-state index in [2.05, 4.69) is 5.10 Å². The Balaban J connectivity index is 2.04. The maximum absolute atomic E-state index is 12.4. The van der Waals surface area contributed by atoms with Gasteiger partial charge in [0.15, 0.2) is 11.3 Å². The van der Waals surface area contributed by atoms with Crippen molar-refractivity contribution < 1.29 is 9.53 Å². The van der Waals surface area contributed by atoms with Crippen molar-refractivity contribution in [3.63, 3.8) is 0 Å². The summed E-state index contributed by atoms with van der Waals surface area (Å²) in [6.45, 7) is 1.90. The Morgan fingerprint density at radius 2 is 1.74 bits per heavy atom. The first-order chi connectivity index (χ1) is 13.1. The monoisotopic (exact) mass is 377 g/mol. The molecule has 0 aliphatic rings. The lowest BCUT2D eigenvalue weighted by atomic mass is 10.1. The molecule has 6 heteroatoms. The van der Waals surface area contributed by atoms with Crippen LogP contribution in [0.3, 0.4) is 0 Å². The number of hydrogen-bond acceptors (Lipinski definition) is 4. The molecule has 2 aromatic heterocycles. The predicted molar refractivity (Wildman–Crippen MR) is 105 cm³/mol. The molecule has 0 atom stereocenters. The van der Waals surface area contributed by atoms with Gasteiger partial charge in [-0.1, -0.05) is 54.1 Å². The molecule has 0 aliphatic carbocycles. The van der Waals surface area contributed by atoms with Crippen molar-refractivity contribution in [3.8, 4) is 22.4 Å². The van der Waals surface area contributed by atoms with E-state index in [0.29, 0.717) is 22.1 Å². The number of esters is 1. The van der Waals surface area contributed by atoms with E-state index in [1.807, 2.05) is 49.4 Å². The zero-order chi connectivity index (χ0) is 19.0. The van der Waals surface area contributed by atoms with Crippen LogP contribution in [0.2, 0.25) is 5.02 Å². The second kappa shape index (κ2) is 6.85. The highest BCUT2D eigenvalue weighted by Crippen LogP contribution is 2.30. The summed E-state index contributed by atoms with van der Waals surface area (Å²) in [5, 5.41) is 5.18. The van der Waals surface area contributed by atoms with E-state index in [1.54, 1.807) is 22.7 Å². The maximum atomic E-state index is 12.4. The lowest BCUT2D eigenvalue weighted by Gasteiger charge is -2.08. The van der Waals surface area contributed by atoms with Gasteiger partial charge in [-0.25, -0.2) is 14.3 Å². The molecule has 0 fully saturated rings. The van der Waals surface area contributed by atoms with E-state index in [9.17, 15) is 4.79 Å². The fourth-order valence-corrected chi connectivity index (χ4v) is 3.21. The number of aromatic nitrogens is 3. The van der Waals surface area contributed by atoms with Gasteiger partial charge in [-0.2, -0.15) is 5.10 Å². The number of hydrogen-bond donors (Lipinski definition) is 0. The summed E-state index contributed by atoms with van der Waals surface area (Å²) in [6, 6.07) is 18.9. The number of ether oxygens (including phenoxy) is 1. The number of carbonyl (C=O) groups is 1. The molecular formula is C21H16ClN3O2. The molecule has 134 valence electrons. The number of carbonyl (C=O) groups excluding carboxylic acids is 1. The Labute approximate surface area is 161 Å². The Hall–Kier alpha value is -3.18. The first-order valence-electron chi connectivity index (χ1n) is 8.38. The van der Waals surface area contributed by atoms with E-state index < -0.39 is 5.97 Å². The quantitative estimate of drug-likeness (QED) is 0.481. The summed E-state index contributed by atoms with van der Waals surface area (Å²) in [5.41, 5.74) is 5.08. The molecule has 0 saturated carbocycles. The van der Waals surface area contributed by atoms with Crippen LogP contribution in [-0.4, -0.2) is 27.7 Å². The summed E-state index contributed by atoms with van der Waals surface area (Å²) < 4.78 is 6.51. The van der Waals surface area contributed by atoms with Crippen LogP contribution in [0.5, 0.6) is 0 Å². The molecule has 4 rings (SSSR count). The molecule has 0 aliphatic heterocycles. The molecule has 2 heterocycles. The SMILES string of the molecule is COC(=O)c1cc(-c2ccc(Cl)cc2)nc2c(-c3ccccc3)c(C)nn12. The maximum Gasteiger partial charge on any atom is 0.356 e. The van der Waals surface area contributed by atoms with Crippen molar-refractivity contribution >= 4 is 23.2 Å². The van der Waals surface area contributed by atoms with Gasteiger partial charge in [0.2, 0.25) is 0 Å². The van der Waals surface area contributed by atoms with Crippen molar-refractivity contribution in [2.75, 3.05) is 7.11 Å². The van der Waals surface area contributed by atoms with Gasteiger partial charge >= 0.3 is 5.97 Å². The van der Waals surface area contributed by atoms with Gasteiger partial charge in [0.25, 0.3) is 0 Å². The Morgan fingerprint density at radius 1 is 1.04 bits per heavy atom. The Morgan fingerprint density at radius 3 is 2.41 bits per heavy atom. The van der Waals surface area contributed by atoms with Crippen LogP contribution in [0.15, 0.2) is 60.7 Å². The lowest BCUT2D eigenvalue weighted by Crippen LogP contribution is -2.10. The van der Waals surface area contributed by atoms with Crippen molar-refractivity contribution in [2.45, 2.75) is 6.92 Å². The number of nitrogens with zero attached hydrogens (tertiary/aromatic N) is 3. The lowest BCUT2D eigenvalue weighted by molar-refractivity contribution is 0.0590. The Bertz CT molecular complexity index is 1140. The zero-order valence-corrected chi connectivity index (χ0v) is 15.6. The van der Waals surface area contributed by atoms with Crippen molar-refractivity contribution in [1.29, 1.82) is 0 Å². The first-order valence-corrected chi connectivity index (χ1v) is 8.76. The van der Waals surface area contributed by atoms with Crippen LogP contribution in [0.1, 0.15) is 16.2 Å². The van der Waals surface area contributed by atoms with Crippen molar-refractivity contribution in [2.24, 2.45) is 0 Å². The van der Waals surface area contributed by atoms with E-state index in [4.69, 9.17) is 21.3 Å². The molecule has 0 radical (unpaired) electrons. The van der Waals surface area contributed by atoms with Crippen LogP contribution in [-0.2, 0) is 4.74 Å². The standard InChI is InChI=1S/C21H16ClN3O2/c1-13-19(15-6-4-3-5-7-15)20-23-17(14-8-10-16(22)11-9-14)12-18(21(26)27-2)25(20)24-13/h3-12H,1-2H3. The summed E-state index contributed by atoms with van der Waals surface area (Å²) in [6.07, 6.45) is 0. The normalized spacial score (nSPS) is 10.9. The molecule has 0 unspecified atom stereocenters. The predicted octanol–water partition coefficient (Wildman–Crippen LogP) is 4.81. The van der Waals surface area contributed by atoms with Gasteiger partial charge in [-0.3, -0.25) is 0 Å². The molecule has 0 amide bonds. The molecule has 0 N–H and O–H groups in total. The number of fused-ring (bicyclic) bond motifs is 1. The van der Waals surface area contributed by atoms with Crippen molar-refractivity contribution in [1.82, 2.24) is 14.6 Å². The van der Waals surface area contributed by atoms with E-state index >= 15 is 0 Å². The second-order valence-corrected chi connectivity index (χ2v) is 6.52. The van der Waals surface area contributed by atoms with E-state index in [-0.39, 0.29) is 0 Å². The van der Waals surface area contributed by atoms with E-state index in [0.717, 1.165) is 22.4 Å². The van der Waals surface area contributed by atoms with Crippen LogP contribution in [0.25, 0.3) is 28.0 Å². The fourth-order valence-electron chi connectivity index (χ4n) is 3.08. The van der Waals surface area contributed by atoms with Gasteiger partial charge in [0, 0.05) is 16.1 Å². The third-order valence-corrected chi connectivity index (χ3v) is 4.61. The molecular weight excluding hydrogens is 362 g/mol. The topological polar surface area (TPSA) is 56.5 Å². The highest BCUT2D eigenvalue weighted by Gasteiger charge is 2.21. The minimum absolute atomic E-state index is 0.317. The van der Waals surface area contributed by atoms with Crippen LogP contribution in [0.4, 0.5) is 0 Å². The third-order valence-electron chi connectivity index (χ3n) is 4.36. The number of benzene rings is 2. The van der Waals surface area contributed by atoms with Crippen LogP contribution >= 0.6 is 11.6 Å². The summed E-state index contributed by atoms with van der Waals surface area (Å²) >= 11 is 6.00. The third kappa shape index (κ3) is 3.06. The number of halogens is 1. The minimum atomic E-state index is -0.472. The van der Waals surface area contributed by atoms with Gasteiger partial charge in [0.1, 0.15) is 0 Å². The minimum Gasteiger partial charge on any atom is -0.464 e. The van der Waals surface area contributed by atoms with Gasteiger partial charge < -0.3 is 4.74 Å². The average Bonchev–Trinajstić information content (AvgIpc) is 3.03. The average molecular weight is 378 g/mol. The smallest absolute Gasteiger partial charge is 0.356 e. The highest BCUT2D eigenvalue weighted by atomic mass is 35.5.